The molecule has 0 fully saturated rings. The van der Waals surface area contributed by atoms with Crippen molar-refractivity contribution >= 4 is 28.7 Å². The molecule has 0 bridgehead atoms. The highest BCUT2D eigenvalue weighted by Gasteiger charge is 2.12. The molecule has 0 saturated heterocycles. The minimum Gasteiger partial charge on any atom is -0.493 e. The van der Waals surface area contributed by atoms with Crippen LogP contribution in [0.25, 0.3) is 11.0 Å². The maximum absolute atomic E-state index is 12.4. The predicted molar refractivity (Wildman–Crippen MR) is 108 cm³/mol. The van der Waals surface area contributed by atoms with Crippen LogP contribution in [0.1, 0.15) is 5.56 Å². The fourth-order valence-corrected chi connectivity index (χ4v) is 3.66. The lowest BCUT2D eigenvalue weighted by Crippen LogP contribution is -2.27. The van der Waals surface area contributed by atoms with Crippen LogP contribution in [-0.2, 0) is 18.3 Å². The van der Waals surface area contributed by atoms with Gasteiger partial charge in [0.15, 0.2) is 16.7 Å². The van der Waals surface area contributed by atoms with Crippen LogP contribution < -0.4 is 14.8 Å². The summed E-state index contributed by atoms with van der Waals surface area (Å²) in [6, 6.07) is 12.5. The van der Waals surface area contributed by atoms with E-state index in [1.807, 2.05) is 35.9 Å². The van der Waals surface area contributed by atoms with Crippen molar-refractivity contribution in [3.63, 3.8) is 0 Å². The van der Waals surface area contributed by atoms with E-state index in [2.05, 4.69) is 15.0 Å². The second kappa shape index (κ2) is 9.60. The second-order valence-corrected chi connectivity index (χ2v) is 7.14. The van der Waals surface area contributed by atoms with Gasteiger partial charge in [0, 0.05) is 13.6 Å². The number of benzene rings is 2. The molecule has 0 radical (unpaired) electrons. The number of carbonyl (C=O) groups is 1. The molecule has 0 atom stereocenters. The minimum atomic E-state index is -2.91. The molecule has 1 N–H and O–H groups in total. The van der Waals surface area contributed by atoms with Gasteiger partial charge in [0.25, 0.3) is 0 Å². The first-order valence-corrected chi connectivity index (χ1v) is 9.89. The number of aromatic nitrogens is 2. The Bertz CT molecular complexity index is 994. The Morgan fingerprint density at radius 3 is 2.76 bits per heavy atom. The van der Waals surface area contributed by atoms with Crippen molar-refractivity contribution in [2.45, 2.75) is 18.2 Å². The van der Waals surface area contributed by atoms with Crippen LogP contribution in [-0.4, -0.2) is 41.5 Å². The van der Waals surface area contributed by atoms with Crippen molar-refractivity contribution in [3.8, 4) is 11.5 Å². The van der Waals surface area contributed by atoms with Crippen LogP contribution in [0, 0.1) is 0 Å². The molecule has 0 aliphatic carbocycles. The SMILES string of the molecule is COc1cc(CCNC(=O)CSc2nc3ccccc3n2C)ccc1OC(F)F. The van der Waals surface area contributed by atoms with E-state index in [1.165, 1.54) is 24.9 Å². The molecule has 9 heteroatoms. The molecular formula is C20H21F2N3O3S. The molecule has 29 heavy (non-hydrogen) atoms. The Labute approximate surface area is 171 Å². The summed E-state index contributed by atoms with van der Waals surface area (Å²) in [5, 5.41) is 3.63. The number of alkyl halides is 2. The number of methoxy groups -OCH3 is 1. The molecule has 1 aromatic heterocycles. The van der Waals surface area contributed by atoms with E-state index in [1.54, 1.807) is 12.1 Å². The van der Waals surface area contributed by atoms with E-state index in [0.29, 0.717) is 13.0 Å². The number of nitrogens with one attached hydrogen (secondary N) is 1. The van der Waals surface area contributed by atoms with Gasteiger partial charge in [0.1, 0.15) is 0 Å². The number of nitrogens with zero attached hydrogens (tertiary/aromatic N) is 2. The quantitative estimate of drug-likeness (QED) is 0.535. The fraction of sp³-hybridized carbons (Fsp3) is 0.300. The van der Waals surface area contributed by atoms with E-state index >= 15 is 0 Å². The van der Waals surface area contributed by atoms with Gasteiger partial charge in [-0.25, -0.2) is 4.98 Å². The number of halogens is 2. The lowest BCUT2D eigenvalue weighted by Gasteiger charge is -2.11. The van der Waals surface area contributed by atoms with E-state index in [9.17, 15) is 13.6 Å². The Morgan fingerprint density at radius 1 is 1.24 bits per heavy atom. The summed E-state index contributed by atoms with van der Waals surface area (Å²) in [7, 11) is 3.31. The molecule has 0 spiro atoms. The normalized spacial score (nSPS) is 11.1. The summed E-state index contributed by atoms with van der Waals surface area (Å²) in [6.45, 7) is -2.50. The molecule has 1 heterocycles. The van der Waals surface area contributed by atoms with Gasteiger partial charge in [-0.05, 0) is 36.2 Å². The molecule has 154 valence electrons. The Balaban J connectivity index is 1.49. The number of imidazole rings is 1. The molecule has 0 unspecified atom stereocenters. The predicted octanol–water partition coefficient (Wildman–Crippen LogP) is 3.63. The van der Waals surface area contributed by atoms with Crippen molar-refractivity contribution in [3.05, 3.63) is 48.0 Å². The summed E-state index contributed by atoms with van der Waals surface area (Å²) in [6.07, 6.45) is 0.536. The highest BCUT2D eigenvalue weighted by molar-refractivity contribution is 7.99. The largest absolute Gasteiger partial charge is 0.493 e. The first-order chi connectivity index (χ1) is 14.0. The monoisotopic (exact) mass is 421 g/mol. The van der Waals surface area contributed by atoms with Gasteiger partial charge < -0.3 is 19.4 Å². The minimum absolute atomic E-state index is 0.0193. The Morgan fingerprint density at radius 2 is 2.03 bits per heavy atom. The standard InChI is InChI=1S/C20H21F2N3O3S/c1-25-15-6-4-3-5-14(15)24-20(25)29-12-18(26)23-10-9-13-7-8-16(28-19(21)22)17(11-13)27-2/h3-8,11,19H,9-10,12H2,1-2H3,(H,23,26). The van der Waals surface area contributed by atoms with Crippen molar-refractivity contribution in [1.29, 1.82) is 0 Å². The molecule has 3 aromatic rings. The topological polar surface area (TPSA) is 65.4 Å². The Kier molecular flexibility index (Phi) is 6.92. The van der Waals surface area contributed by atoms with Crippen molar-refractivity contribution in [2.24, 2.45) is 7.05 Å². The molecular weight excluding hydrogens is 400 g/mol. The molecule has 3 rings (SSSR count). The third kappa shape index (κ3) is 5.38. The number of hydrogen-bond acceptors (Lipinski definition) is 5. The maximum Gasteiger partial charge on any atom is 0.387 e. The zero-order chi connectivity index (χ0) is 20.8. The van der Waals surface area contributed by atoms with E-state index in [0.717, 1.165) is 21.8 Å². The summed E-state index contributed by atoms with van der Waals surface area (Å²) < 4.78 is 36.2. The number of ether oxygens (including phenoxy) is 2. The highest BCUT2D eigenvalue weighted by atomic mass is 32.2. The number of rotatable bonds is 9. The maximum atomic E-state index is 12.4. The second-order valence-electron chi connectivity index (χ2n) is 6.19. The molecule has 1 amide bonds. The summed E-state index contributed by atoms with van der Waals surface area (Å²) in [4.78, 5) is 16.7. The average molecular weight is 421 g/mol. The number of para-hydroxylation sites is 2. The lowest BCUT2D eigenvalue weighted by molar-refractivity contribution is -0.118. The summed E-state index contributed by atoms with van der Waals surface area (Å²) >= 11 is 1.37. The summed E-state index contributed by atoms with van der Waals surface area (Å²) in [5.74, 6) is 0.356. The average Bonchev–Trinajstić information content (AvgIpc) is 3.03. The summed E-state index contributed by atoms with van der Waals surface area (Å²) in [5.41, 5.74) is 2.75. The van der Waals surface area contributed by atoms with Crippen LogP contribution >= 0.6 is 11.8 Å². The number of fused-ring (bicyclic) bond motifs is 1. The van der Waals surface area contributed by atoms with Crippen LogP contribution in [0.3, 0.4) is 0 Å². The molecule has 0 aliphatic heterocycles. The lowest BCUT2D eigenvalue weighted by atomic mass is 10.1. The van der Waals surface area contributed by atoms with Gasteiger partial charge in [-0.15, -0.1) is 0 Å². The molecule has 6 nitrogen and oxygen atoms in total. The van der Waals surface area contributed by atoms with E-state index < -0.39 is 6.61 Å². The highest BCUT2D eigenvalue weighted by Crippen LogP contribution is 2.29. The molecule has 0 saturated carbocycles. The van der Waals surface area contributed by atoms with Crippen LogP contribution in [0.15, 0.2) is 47.6 Å². The number of carbonyl (C=O) groups excluding carboxylic acids is 1. The third-order valence-corrected chi connectivity index (χ3v) is 5.29. The molecule has 2 aromatic carbocycles. The first kappa shape index (κ1) is 20.9. The molecule has 0 aliphatic rings. The van der Waals surface area contributed by atoms with Crippen molar-refractivity contribution in [2.75, 3.05) is 19.4 Å². The third-order valence-electron chi connectivity index (χ3n) is 4.26. The van der Waals surface area contributed by atoms with E-state index in [4.69, 9.17) is 4.74 Å². The van der Waals surface area contributed by atoms with Gasteiger partial charge in [-0.3, -0.25) is 4.79 Å². The first-order valence-electron chi connectivity index (χ1n) is 8.90. The van der Waals surface area contributed by atoms with Crippen molar-refractivity contribution in [1.82, 2.24) is 14.9 Å². The van der Waals surface area contributed by atoms with Gasteiger partial charge in [0.05, 0.1) is 23.9 Å². The van der Waals surface area contributed by atoms with Crippen LogP contribution in [0.2, 0.25) is 0 Å². The van der Waals surface area contributed by atoms with Gasteiger partial charge in [-0.2, -0.15) is 8.78 Å². The number of hydrogen-bond donors (Lipinski definition) is 1. The fourth-order valence-electron chi connectivity index (χ4n) is 2.84. The van der Waals surface area contributed by atoms with E-state index in [-0.39, 0.29) is 23.2 Å². The van der Waals surface area contributed by atoms with Crippen LogP contribution in [0.5, 0.6) is 11.5 Å². The number of amides is 1. The van der Waals surface area contributed by atoms with Gasteiger partial charge in [-0.1, -0.05) is 30.0 Å². The zero-order valence-corrected chi connectivity index (χ0v) is 16.8. The van der Waals surface area contributed by atoms with Gasteiger partial charge in [0.2, 0.25) is 5.91 Å². The smallest absolute Gasteiger partial charge is 0.387 e. The van der Waals surface area contributed by atoms with Crippen LogP contribution in [0.4, 0.5) is 8.78 Å². The van der Waals surface area contributed by atoms with Crippen molar-refractivity contribution < 1.29 is 23.0 Å². The number of thioether (sulfide) groups is 1. The Hall–Kier alpha value is -2.81. The van der Waals surface area contributed by atoms with Gasteiger partial charge >= 0.3 is 6.61 Å². The number of aryl methyl sites for hydroxylation is 1. The zero-order valence-electron chi connectivity index (χ0n) is 16.0.